The van der Waals surface area contributed by atoms with E-state index in [-0.39, 0.29) is 12.1 Å². The highest BCUT2D eigenvalue weighted by Crippen LogP contribution is 2.11. The summed E-state index contributed by atoms with van der Waals surface area (Å²) in [4.78, 5) is 2.43. The zero-order chi connectivity index (χ0) is 12.6. The lowest BCUT2D eigenvalue weighted by Gasteiger charge is -2.33. The fraction of sp³-hybridized carbons (Fsp3) is 1.00. The lowest BCUT2D eigenvalue weighted by atomic mass is 9.98. The van der Waals surface area contributed by atoms with Gasteiger partial charge in [-0.25, -0.2) is 0 Å². The Balaban J connectivity index is 4.10. The molecular formula is C13H30N2O. The van der Waals surface area contributed by atoms with Crippen LogP contribution in [0.25, 0.3) is 0 Å². The molecule has 3 nitrogen and oxygen atoms in total. The Hall–Kier alpha value is -0.120. The fourth-order valence-electron chi connectivity index (χ4n) is 1.82. The summed E-state index contributed by atoms with van der Waals surface area (Å²) >= 11 is 0. The van der Waals surface area contributed by atoms with Gasteiger partial charge in [-0.3, -0.25) is 0 Å². The maximum Gasteiger partial charge on any atom is 0.0611 e. The zero-order valence-electron chi connectivity index (χ0n) is 11.7. The Morgan fingerprint density at radius 3 is 2.31 bits per heavy atom. The van der Waals surface area contributed by atoms with Crippen LogP contribution in [0.5, 0.6) is 0 Å². The molecule has 1 unspecified atom stereocenters. The van der Waals surface area contributed by atoms with Crippen molar-refractivity contribution in [1.82, 2.24) is 10.2 Å². The third kappa shape index (κ3) is 5.83. The third-order valence-corrected chi connectivity index (χ3v) is 3.24. The average Bonchev–Trinajstić information content (AvgIpc) is 2.27. The minimum Gasteiger partial charge on any atom is -0.394 e. The average molecular weight is 230 g/mol. The van der Waals surface area contributed by atoms with Crippen molar-refractivity contribution in [2.75, 3.05) is 26.2 Å². The molecule has 0 aliphatic heterocycles. The van der Waals surface area contributed by atoms with E-state index in [1.165, 1.54) is 0 Å². The van der Waals surface area contributed by atoms with Crippen molar-refractivity contribution >= 4 is 0 Å². The molecule has 0 saturated heterocycles. The quantitative estimate of drug-likeness (QED) is 0.634. The predicted octanol–water partition coefficient (Wildman–Crippen LogP) is 1.86. The lowest BCUT2D eigenvalue weighted by Crippen LogP contribution is -2.49. The summed E-state index contributed by atoms with van der Waals surface area (Å²) in [5.41, 5.74) is -0.127. The van der Waals surface area contributed by atoms with Crippen LogP contribution >= 0.6 is 0 Å². The van der Waals surface area contributed by atoms with Crippen LogP contribution in [-0.4, -0.2) is 47.8 Å². The predicted molar refractivity (Wildman–Crippen MR) is 70.8 cm³/mol. The van der Waals surface area contributed by atoms with Gasteiger partial charge in [-0.05, 0) is 46.7 Å². The van der Waals surface area contributed by atoms with Crippen molar-refractivity contribution in [1.29, 1.82) is 0 Å². The molecule has 16 heavy (non-hydrogen) atoms. The second kappa shape index (κ2) is 8.04. The molecule has 0 aliphatic carbocycles. The molecule has 1 atom stereocenters. The number of aliphatic hydroxyl groups excluding tert-OH is 1. The van der Waals surface area contributed by atoms with E-state index < -0.39 is 0 Å². The molecule has 0 heterocycles. The van der Waals surface area contributed by atoms with E-state index in [2.05, 4.69) is 44.8 Å². The van der Waals surface area contributed by atoms with Crippen LogP contribution in [0.15, 0.2) is 0 Å². The van der Waals surface area contributed by atoms with Gasteiger partial charge in [-0.2, -0.15) is 0 Å². The summed E-state index contributed by atoms with van der Waals surface area (Å²) in [5.74, 6) is 0. The molecule has 0 aromatic heterocycles. The van der Waals surface area contributed by atoms with E-state index in [1.807, 2.05) is 0 Å². The second-order valence-corrected chi connectivity index (χ2v) is 5.12. The van der Waals surface area contributed by atoms with Crippen molar-refractivity contribution in [2.24, 2.45) is 0 Å². The van der Waals surface area contributed by atoms with Crippen LogP contribution in [-0.2, 0) is 0 Å². The van der Waals surface area contributed by atoms with Crippen LogP contribution in [0, 0.1) is 0 Å². The maximum atomic E-state index is 9.46. The molecule has 0 amide bonds. The van der Waals surface area contributed by atoms with E-state index in [4.69, 9.17) is 0 Å². The van der Waals surface area contributed by atoms with Crippen LogP contribution < -0.4 is 5.32 Å². The van der Waals surface area contributed by atoms with Gasteiger partial charge in [0.2, 0.25) is 0 Å². The maximum absolute atomic E-state index is 9.46. The molecule has 0 aromatic rings. The highest BCUT2D eigenvalue weighted by molar-refractivity contribution is 4.83. The van der Waals surface area contributed by atoms with Crippen molar-refractivity contribution in [3.63, 3.8) is 0 Å². The molecule has 0 fully saturated rings. The first-order valence-corrected chi connectivity index (χ1v) is 6.59. The van der Waals surface area contributed by atoms with Gasteiger partial charge in [-0.1, -0.05) is 13.8 Å². The first-order valence-electron chi connectivity index (χ1n) is 6.59. The van der Waals surface area contributed by atoms with E-state index in [9.17, 15) is 5.11 Å². The highest BCUT2D eigenvalue weighted by Gasteiger charge is 2.23. The molecule has 0 spiro atoms. The Morgan fingerprint density at radius 1 is 1.31 bits per heavy atom. The Morgan fingerprint density at radius 2 is 1.94 bits per heavy atom. The van der Waals surface area contributed by atoms with E-state index >= 15 is 0 Å². The van der Waals surface area contributed by atoms with Gasteiger partial charge in [0, 0.05) is 18.1 Å². The van der Waals surface area contributed by atoms with Gasteiger partial charge in [-0.15, -0.1) is 0 Å². The smallest absolute Gasteiger partial charge is 0.0611 e. The SMILES string of the molecule is CCCNC(C)(CO)CCN(CC)C(C)C. The number of nitrogens with one attached hydrogen (secondary N) is 1. The van der Waals surface area contributed by atoms with Gasteiger partial charge < -0.3 is 15.3 Å². The van der Waals surface area contributed by atoms with Crippen LogP contribution in [0.2, 0.25) is 0 Å². The highest BCUT2D eigenvalue weighted by atomic mass is 16.3. The number of nitrogens with zero attached hydrogens (tertiary/aromatic N) is 1. The van der Waals surface area contributed by atoms with Gasteiger partial charge in [0.15, 0.2) is 0 Å². The van der Waals surface area contributed by atoms with Gasteiger partial charge in [0.05, 0.1) is 6.61 Å². The number of hydrogen-bond donors (Lipinski definition) is 2. The minimum atomic E-state index is -0.127. The van der Waals surface area contributed by atoms with E-state index in [1.54, 1.807) is 0 Å². The van der Waals surface area contributed by atoms with Gasteiger partial charge >= 0.3 is 0 Å². The molecule has 98 valence electrons. The number of hydrogen-bond acceptors (Lipinski definition) is 3. The van der Waals surface area contributed by atoms with Crippen molar-refractivity contribution < 1.29 is 5.11 Å². The number of aliphatic hydroxyl groups is 1. The fourth-order valence-corrected chi connectivity index (χ4v) is 1.82. The third-order valence-electron chi connectivity index (χ3n) is 3.24. The number of rotatable bonds is 9. The molecule has 0 aliphatic rings. The van der Waals surface area contributed by atoms with Crippen molar-refractivity contribution in [3.8, 4) is 0 Å². The minimum absolute atomic E-state index is 0.127. The Kier molecular flexibility index (Phi) is 7.98. The summed E-state index contributed by atoms with van der Waals surface area (Å²) in [7, 11) is 0. The summed E-state index contributed by atoms with van der Waals surface area (Å²) in [6, 6.07) is 0.583. The summed E-state index contributed by atoms with van der Waals surface area (Å²) in [6.07, 6.45) is 2.10. The normalized spacial score (nSPS) is 15.8. The molecule has 2 N–H and O–H groups in total. The van der Waals surface area contributed by atoms with Crippen LogP contribution in [0.3, 0.4) is 0 Å². The van der Waals surface area contributed by atoms with Crippen molar-refractivity contribution in [3.05, 3.63) is 0 Å². The summed E-state index contributed by atoms with van der Waals surface area (Å²) in [5, 5.41) is 12.9. The first kappa shape index (κ1) is 15.9. The Bertz CT molecular complexity index is 173. The zero-order valence-corrected chi connectivity index (χ0v) is 11.7. The van der Waals surface area contributed by atoms with Crippen LogP contribution in [0.4, 0.5) is 0 Å². The van der Waals surface area contributed by atoms with E-state index in [0.717, 1.165) is 32.5 Å². The molecule has 0 saturated carbocycles. The van der Waals surface area contributed by atoms with E-state index in [0.29, 0.717) is 6.04 Å². The van der Waals surface area contributed by atoms with Crippen LogP contribution in [0.1, 0.15) is 47.5 Å². The molecule has 0 rings (SSSR count). The van der Waals surface area contributed by atoms with Gasteiger partial charge in [0.1, 0.15) is 0 Å². The first-order chi connectivity index (χ1) is 7.49. The summed E-state index contributed by atoms with van der Waals surface area (Å²) < 4.78 is 0. The molecular weight excluding hydrogens is 200 g/mol. The lowest BCUT2D eigenvalue weighted by molar-refractivity contribution is 0.137. The molecule has 3 heteroatoms. The largest absolute Gasteiger partial charge is 0.394 e. The molecule has 0 bridgehead atoms. The topological polar surface area (TPSA) is 35.5 Å². The summed E-state index contributed by atoms with van der Waals surface area (Å²) in [6.45, 7) is 14.2. The second-order valence-electron chi connectivity index (χ2n) is 5.12. The standard InChI is InChI=1S/C13H30N2O/c1-6-9-14-13(5,11-16)8-10-15(7-2)12(3)4/h12,14,16H,6-11H2,1-5H3. The van der Waals surface area contributed by atoms with Gasteiger partial charge in [0.25, 0.3) is 0 Å². The molecule has 0 aromatic carbocycles. The van der Waals surface area contributed by atoms with Crippen molar-refractivity contribution in [2.45, 2.75) is 59.0 Å². The monoisotopic (exact) mass is 230 g/mol. The Labute approximate surface area is 101 Å². The molecule has 0 radical (unpaired) electrons.